The number of hydrogen-bond acceptors (Lipinski definition) is 4. The Morgan fingerprint density at radius 2 is 1.88 bits per heavy atom. The second-order valence-electron chi connectivity index (χ2n) is 7.19. The van der Waals surface area contributed by atoms with Crippen LogP contribution in [0.1, 0.15) is 43.6 Å². The first-order chi connectivity index (χ1) is 12.2. The van der Waals surface area contributed by atoms with Gasteiger partial charge >= 0.3 is 0 Å². The molecule has 1 saturated carbocycles. The number of carbonyl (C=O) groups excluding carboxylic acids is 1. The van der Waals surface area contributed by atoms with Gasteiger partial charge in [0.2, 0.25) is 5.91 Å². The fraction of sp³-hybridized carbons (Fsp3) is 0.650. The van der Waals surface area contributed by atoms with Crippen LogP contribution in [0.25, 0.3) is 0 Å². The highest BCUT2D eigenvalue weighted by Gasteiger charge is 2.38. The third kappa shape index (κ3) is 4.53. The summed E-state index contributed by atoms with van der Waals surface area (Å²) in [6.45, 7) is 2.43. The highest BCUT2D eigenvalue weighted by Crippen LogP contribution is 2.34. The molecule has 1 aliphatic heterocycles. The van der Waals surface area contributed by atoms with Crippen LogP contribution in [0.3, 0.4) is 0 Å². The summed E-state index contributed by atoms with van der Waals surface area (Å²) in [5, 5.41) is 3.25. The van der Waals surface area contributed by atoms with Crippen molar-refractivity contribution in [2.45, 2.75) is 50.1 Å². The first-order valence-electron chi connectivity index (χ1n) is 9.37. The van der Waals surface area contributed by atoms with E-state index in [1.54, 1.807) is 14.2 Å². The summed E-state index contributed by atoms with van der Waals surface area (Å²) in [6.07, 6.45) is 5.67. The minimum atomic E-state index is 0.0821. The smallest absolute Gasteiger partial charge is 0.222 e. The minimum absolute atomic E-state index is 0.0821. The standard InChI is InChI=1S/C20H30N2O3/c1-24-12-11-20(23)21-19-14-22(16-5-3-4-6-16)13-18(19)15-7-9-17(25-2)10-8-15/h7-10,16,18-19H,3-6,11-14H2,1-2H3,(H,21,23)/t18-,19+/m1/s1. The van der Waals surface area contributed by atoms with Crippen LogP contribution in [0.5, 0.6) is 5.75 Å². The second kappa shape index (κ2) is 8.68. The molecule has 2 fully saturated rings. The summed E-state index contributed by atoms with van der Waals surface area (Å²) in [4.78, 5) is 14.8. The zero-order chi connectivity index (χ0) is 17.6. The van der Waals surface area contributed by atoms with Crippen molar-refractivity contribution in [3.63, 3.8) is 0 Å². The molecule has 25 heavy (non-hydrogen) atoms. The largest absolute Gasteiger partial charge is 0.497 e. The van der Waals surface area contributed by atoms with Crippen LogP contribution in [-0.4, -0.2) is 56.8 Å². The number of methoxy groups -OCH3 is 2. The Labute approximate surface area is 150 Å². The third-order valence-corrected chi connectivity index (χ3v) is 5.61. The van der Waals surface area contributed by atoms with E-state index in [9.17, 15) is 4.79 Å². The van der Waals surface area contributed by atoms with E-state index in [2.05, 4.69) is 22.3 Å². The summed E-state index contributed by atoms with van der Waals surface area (Å²) in [7, 11) is 3.32. The molecule has 1 N–H and O–H groups in total. The maximum Gasteiger partial charge on any atom is 0.222 e. The van der Waals surface area contributed by atoms with Crippen LogP contribution in [0, 0.1) is 0 Å². The molecule has 0 spiro atoms. The van der Waals surface area contributed by atoms with Gasteiger partial charge in [0.25, 0.3) is 0 Å². The quantitative estimate of drug-likeness (QED) is 0.824. The molecule has 1 heterocycles. The van der Waals surface area contributed by atoms with Crippen LogP contribution >= 0.6 is 0 Å². The number of nitrogens with zero attached hydrogens (tertiary/aromatic N) is 1. The molecule has 5 heteroatoms. The first-order valence-corrected chi connectivity index (χ1v) is 9.37. The fourth-order valence-corrected chi connectivity index (χ4v) is 4.21. The number of nitrogens with one attached hydrogen (secondary N) is 1. The van der Waals surface area contributed by atoms with Crippen LogP contribution in [-0.2, 0) is 9.53 Å². The molecular weight excluding hydrogens is 316 g/mol. The Morgan fingerprint density at radius 1 is 1.16 bits per heavy atom. The highest BCUT2D eigenvalue weighted by molar-refractivity contribution is 5.76. The van der Waals surface area contributed by atoms with E-state index in [1.807, 2.05) is 12.1 Å². The summed E-state index contributed by atoms with van der Waals surface area (Å²) < 4.78 is 10.3. The van der Waals surface area contributed by atoms with Crippen molar-refractivity contribution < 1.29 is 14.3 Å². The summed E-state index contributed by atoms with van der Waals surface area (Å²) >= 11 is 0. The van der Waals surface area contributed by atoms with Crippen molar-refractivity contribution in [1.29, 1.82) is 0 Å². The van der Waals surface area contributed by atoms with Gasteiger partial charge in [0, 0.05) is 44.6 Å². The van der Waals surface area contributed by atoms with Gasteiger partial charge in [0.15, 0.2) is 0 Å². The predicted octanol–water partition coefficient (Wildman–Crippen LogP) is 2.56. The Kier molecular flexibility index (Phi) is 6.32. The van der Waals surface area contributed by atoms with Crippen molar-refractivity contribution in [3.05, 3.63) is 29.8 Å². The van der Waals surface area contributed by atoms with E-state index >= 15 is 0 Å². The van der Waals surface area contributed by atoms with E-state index in [0.717, 1.165) is 18.8 Å². The molecule has 5 nitrogen and oxygen atoms in total. The lowest BCUT2D eigenvalue weighted by Gasteiger charge is -2.23. The number of ether oxygens (including phenoxy) is 2. The fourth-order valence-electron chi connectivity index (χ4n) is 4.21. The van der Waals surface area contributed by atoms with Gasteiger partial charge in [0.05, 0.1) is 13.7 Å². The zero-order valence-electron chi connectivity index (χ0n) is 15.4. The highest BCUT2D eigenvalue weighted by atomic mass is 16.5. The zero-order valence-corrected chi connectivity index (χ0v) is 15.4. The van der Waals surface area contributed by atoms with Crippen molar-refractivity contribution >= 4 is 5.91 Å². The van der Waals surface area contributed by atoms with Gasteiger partial charge in [-0.2, -0.15) is 0 Å². The number of hydrogen-bond donors (Lipinski definition) is 1. The molecule has 1 saturated heterocycles. The van der Waals surface area contributed by atoms with E-state index in [-0.39, 0.29) is 11.9 Å². The van der Waals surface area contributed by atoms with E-state index in [0.29, 0.717) is 25.0 Å². The Balaban J connectivity index is 1.71. The number of carbonyl (C=O) groups is 1. The maximum absolute atomic E-state index is 12.2. The van der Waals surface area contributed by atoms with Crippen LogP contribution in [0.2, 0.25) is 0 Å². The van der Waals surface area contributed by atoms with Gasteiger partial charge < -0.3 is 14.8 Å². The van der Waals surface area contributed by atoms with Gasteiger partial charge in [-0.3, -0.25) is 9.69 Å². The molecule has 1 amide bonds. The van der Waals surface area contributed by atoms with Crippen molar-refractivity contribution in [2.24, 2.45) is 0 Å². The Hall–Kier alpha value is -1.59. The molecule has 2 aliphatic rings. The van der Waals surface area contributed by atoms with Gasteiger partial charge in [-0.15, -0.1) is 0 Å². The van der Waals surface area contributed by atoms with E-state index < -0.39 is 0 Å². The molecule has 138 valence electrons. The van der Waals surface area contributed by atoms with Crippen LogP contribution < -0.4 is 10.1 Å². The number of rotatable bonds is 7. The number of amides is 1. The second-order valence-corrected chi connectivity index (χ2v) is 7.19. The normalized spacial score (nSPS) is 24.6. The summed E-state index contributed by atoms with van der Waals surface area (Å²) in [5.41, 5.74) is 1.28. The van der Waals surface area contributed by atoms with Crippen molar-refractivity contribution in [2.75, 3.05) is 33.9 Å². The molecule has 1 aromatic rings. The molecule has 3 rings (SSSR count). The maximum atomic E-state index is 12.2. The predicted molar refractivity (Wildman–Crippen MR) is 98.0 cm³/mol. The molecular formula is C20H30N2O3. The number of likely N-dealkylation sites (tertiary alicyclic amines) is 1. The van der Waals surface area contributed by atoms with Gasteiger partial charge in [-0.05, 0) is 30.5 Å². The average Bonchev–Trinajstić information content (AvgIpc) is 3.30. The van der Waals surface area contributed by atoms with Crippen LogP contribution in [0.4, 0.5) is 0 Å². The number of benzene rings is 1. The first kappa shape index (κ1) is 18.2. The molecule has 0 aromatic heterocycles. The van der Waals surface area contributed by atoms with Gasteiger partial charge in [-0.25, -0.2) is 0 Å². The van der Waals surface area contributed by atoms with Gasteiger partial charge in [0.1, 0.15) is 5.75 Å². The molecule has 0 unspecified atom stereocenters. The Bertz CT molecular complexity index is 555. The topological polar surface area (TPSA) is 50.8 Å². The summed E-state index contributed by atoms with van der Waals surface area (Å²) in [6, 6.07) is 9.14. The lowest BCUT2D eigenvalue weighted by molar-refractivity contribution is -0.122. The molecule has 0 bridgehead atoms. The minimum Gasteiger partial charge on any atom is -0.497 e. The monoisotopic (exact) mass is 346 g/mol. The average molecular weight is 346 g/mol. The van der Waals surface area contributed by atoms with E-state index in [1.165, 1.54) is 31.2 Å². The molecule has 1 aromatic carbocycles. The third-order valence-electron chi connectivity index (χ3n) is 5.61. The molecule has 2 atom stereocenters. The molecule has 0 radical (unpaired) electrons. The lowest BCUT2D eigenvalue weighted by atomic mass is 9.94. The van der Waals surface area contributed by atoms with E-state index in [4.69, 9.17) is 9.47 Å². The molecule has 1 aliphatic carbocycles. The SMILES string of the molecule is COCCC(=O)N[C@H]1CN(C2CCCC2)C[C@@H]1c1ccc(OC)cc1. The van der Waals surface area contributed by atoms with Crippen molar-refractivity contribution in [3.8, 4) is 5.75 Å². The van der Waals surface area contributed by atoms with Crippen molar-refractivity contribution in [1.82, 2.24) is 10.2 Å². The van der Waals surface area contributed by atoms with Crippen LogP contribution in [0.15, 0.2) is 24.3 Å². The Morgan fingerprint density at radius 3 is 2.52 bits per heavy atom. The van der Waals surface area contributed by atoms with Gasteiger partial charge in [-0.1, -0.05) is 25.0 Å². The lowest BCUT2D eigenvalue weighted by Crippen LogP contribution is -2.41. The summed E-state index contributed by atoms with van der Waals surface area (Å²) in [5.74, 6) is 1.28.